The largest absolute Gasteiger partial charge is 0.462 e. The minimum Gasteiger partial charge on any atom is -0.462 e. The molecule has 372 valence electrons. The summed E-state index contributed by atoms with van der Waals surface area (Å²) in [7, 11) is 0. The van der Waals surface area contributed by atoms with Crippen LogP contribution in [0.1, 0.15) is 316 Å². The number of rotatable bonds is 52. The summed E-state index contributed by atoms with van der Waals surface area (Å²) in [5, 5.41) is 0. The van der Waals surface area contributed by atoms with Crippen molar-refractivity contribution in [3.63, 3.8) is 0 Å². The van der Waals surface area contributed by atoms with E-state index in [4.69, 9.17) is 14.2 Å². The van der Waals surface area contributed by atoms with Gasteiger partial charge in [0.15, 0.2) is 6.10 Å². The maximum atomic E-state index is 12.8. The molecule has 0 saturated heterocycles. The van der Waals surface area contributed by atoms with Gasteiger partial charge in [0, 0.05) is 19.3 Å². The molecule has 0 fully saturated rings. The molecule has 63 heavy (non-hydrogen) atoms. The summed E-state index contributed by atoms with van der Waals surface area (Å²) in [5.74, 6) is -0.847. The van der Waals surface area contributed by atoms with Crippen molar-refractivity contribution in [3.05, 3.63) is 12.2 Å². The lowest BCUT2D eigenvalue weighted by Gasteiger charge is -2.18. The van der Waals surface area contributed by atoms with Crippen molar-refractivity contribution in [1.29, 1.82) is 0 Å². The molecule has 0 aliphatic rings. The standard InChI is InChI=1S/C57H108O6/c1-4-7-10-13-16-19-22-25-27-28-30-32-35-38-41-44-47-50-56(59)62-53-54(52-61-55(58)49-46-43-40-37-34-31-24-21-18-15-12-9-6-3)63-57(60)51-48-45-42-39-36-33-29-26-23-20-17-14-11-8-5-2/h25,27,54H,4-24,26,28-53H2,1-3H3/b27-25-. The molecule has 0 heterocycles. The first-order valence-electron chi connectivity index (χ1n) is 28.2. The zero-order chi connectivity index (χ0) is 45.8. The molecule has 0 rings (SSSR count). The first-order chi connectivity index (χ1) is 31.0. The minimum absolute atomic E-state index is 0.0654. The SMILES string of the molecule is CCCCCCCC/C=C\CCCCCCCCCC(=O)OCC(COC(=O)CCCCCCCCCCCCCCC)OC(=O)CCCCCCCCCCCCCCCCC. The second-order valence-electron chi connectivity index (χ2n) is 19.2. The quantitative estimate of drug-likeness (QED) is 0.0262. The van der Waals surface area contributed by atoms with Gasteiger partial charge < -0.3 is 14.2 Å². The van der Waals surface area contributed by atoms with Crippen molar-refractivity contribution < 1.29 is 28.6 Å². The Kier molecular flexibility index (Phi) is 51.2. The predicted molar refractivity (Wildman–Crippen MR) is 270 cm³/mol. The second-order valence-corrected chi connectivity index (χ2v) is 19.2. The van der Waals surface area contributed by atoms with E-state index in [2.05, 4.69) is 32.9 Å². The van der Waals surface area contributed by atoms with Gasteiger partial charge in [-0.1, -0.05) is 264 Å². The van der Waals surface area contributed by atoms with Crippen molar-refractivity contribution in [2.45, 2.75) is 322 Å². The molecule has 0 spiro atoms. The van der Waals surface area contributed by atoms with E-state index >= 15 is 0 Å². The van der Waals surface area contributed by atoms with Crippen LogP contribution in [-0.4, -0.2) is 37.2 Å². The zero-order valence-corrected chi connectivity index (χ0v) is 42.6. The predicted octanol–water partition coefficient (Wildman–Crippen LogP) is 18.5. The summed E-state index contributed by atoms with van der Waals surface area (Å²) in [5.41, 5.74) is 0. The third kappa shape index (κ3) is 51.0. The fourth-order valence-electron chi connectivity index (χ4n) is 8.50. The zero-order valence-electron chi connectivity index (χ0n) is 42.6. The van der Waals surface area contributed by atoms with Gasteiger partial charge in [-0.25, -0.2) is 0 Å². The Morgan fingerprint density at radius 3 is 0.794 bits per heavy atom. The van der Waals surface area contributed by atoms with Crippen LogP contribution in [0.2, 0.25) is 0 Å². The van der Waals surface area contributed by atoms with Crippen LogP contribution in [-0.2, 0) is 28.6 Å². The normalized spacial score (nSPS) is 12.0. The highest BCUT2D eigenvalue weighted by atomic mass is 16.6. The molecule has 0 aromatic carbocycles. The summed E-state index contributed by atoms with van der Waals surface area (Å²) in [6.07, 6.45) is 59.1. The molecule has 6 nitrogen and oxygen atoms in total. The van der Waals surface area contributed by atoms with Crippen molar-refractivity contribution in [2.24, 2.45) is 0 Å². The van der Waals surface area contributed by atoms with Crippen LogP contribution in [0.15, 0.2) is 12.2 Å². The van der Waals surface area contributed by atoms with Gasteiger partial charge in [0.2, 0.25) is 0 Å². The lowest BCUT2D eigenvalue weighted by molar-refractivity contribution is -0.167. The van der Waals surface area contributed by atoms with Gasteiger partial charge in [-0.2, -0.15) is 0 Å². The van der Waals surface area contributed by atoms with Crippen LogP contribution in [0.4, 0.5) is 0 Å². The van der Waals surface area contributed by atoms with E-state index in [1.54, 1.807) is 0 Å². The number of carbonyl (C=O) groups excluding carboxylic acids is 3. The maximum absolute atomic E-state index is 12.8. The summed E-state index contributed by atoms with van der Waals surface area (Å²) in [6, 6.07) is 0. The Morgan fingerprint density at radius 2 is 0.524 bits per heavy atom. The number of ether oxygens (including phenoxy) is 3. The van der Waals surface area contributed by atoms with Crippen LogP contribution in [0.5, 0.6) is 0 Å². The molecule has 0 aromatic rings. The minimum atomic E-state index is -0.765. The Labute approximate surface area is 392 Å². The average Bonchev–Trinajstić information content (AvgIpc) is 3.28. The fourth-order valence-corrected chi connectivity index (χ4v) is 8.50. The van der Waals surface area contributed by atoms with E-state index in [0.29, 0.717) is 19.3 Å². The van der Waals surface area contributed by atoms with Crippen molar-refractivity contribution in [2.75, 3.05) is 13.2 Å². The topological polar surface area (TPSA) is 78.9 Å². The van der Waals surface area contributed by atoms with Crippen LogP contribution in [0, 0.1) is 0 Å². The fraction of sp³-hybridized carbons (Fsp3) is 0.912. The monoisotopic (exact) mass is 889 g/mol. The van der Waals surface area contributed by atoms with Crippen molar-refractivity contribution >= 4 is 17.9 Å². The Balaban J connectivity index is 4.31. The van der Waals surface area contributed by atoms with Crippen molar-refractivity contribution in [3.8, 4) is 0 Å². The molecule has 0 aliphatic carbocycles. The van der Waals surface area contributed by atoms with E-state index < -0.39 is 6.10 Å². The van der Waals surface area contributed by atoms with E-state index in [-0.39, 0.29) is 31.1 Å². The number of carbonyl (C=O) groups is 3. The van der Waals surface area contributed by atoms with Crippen molar-refractivity contribution in [1.82, 2.24) is 0 Å². The van der Waals surface area contributed by atoms with E-state index in [1.165, 1.54) is 218 Å². The smallest absolute Gasteiger partial charge is 0.306 e. The Morgan fingerprint density at radius 1 is 0.302 bits per heavy atom. The molecule has 1 atom stereocenters. The molecule has 0 radical (unpaired) electrons. The molecular formula is C57H108O6. The highest BCUT2D eigenvalue weighted by Crippen LogP contribution is 2.17. The highest BCUT2D eigenvalue weighted by molar-refractivity contribution is 5.71. The number of allylic oxidation sites excluding steroid dienone is 2. The van der Waals surface area contributed by atoms with Gasteiger partial charge in [-0.3, -0.25) is 14.4 Å². The molecule has 0 saturated carbocycles. The number of hydrogen-bond acceptors (Lipinski definition) is 6. The number of unbranched alkanes of at least 4 members (excludes halogenated alkanes) is 39. The molecule has 6 heteroatoms. The lowest BCUT2D eigenvalue weighted by atomic mass is 10.0. The molecule has 0 aromatic heterocycles. The van der Waals surface area contributed by atoms with Gasteiger partial charge in [0.25, 0.3) is 0 Å². The average molecular weight is 889 g/mol. The first-order valence-corrected chi connectivity index (χ1v) is 28.2. The van der Waals surface area contributed by atoms with Gasteiger partial charge in [-0.15, -0.1) is 0 Å². The number of esters is 3. The van der Waals surface area contributed by atoms with E-state index in [9.17, 15) is 14.4 Å². The second kappa shape index (κ2) is 52.8. The molecule has 0 bridgehead atoms. The van der Waals surface area contributed by atoms with Gasteiger partial charge in [-0.05, 0) is 44.9 Å². The van der Waals surface area contributed by atoms with Gasteiger partial charge in [0.1, 0.15) is 13.2 Å². The summed E-state index contributed by atoms with van der Waals surface area (Å²) in [4.78, 5) is 38.1. The van der Waals surface area contributed by atoms with Crippen LogP contribution >= 0.6 is 0 Å². The maximum Gasteiger partial charge on any atom is 0.306 e. The highest BCUT2D eigenvalue weighted by Gasteiger charge is 2.19. The molecular weight excluding hydrogens is 781 g/mol. The summed E-state index contributed by atoms with van der Waals surface area (Å²) in [6.45, 7) is 6.68. The van der Waals surface area contributed by atoms with Crippen LogP contribution in [0.3, 0.4) is 0 Å². The van der Waals surface area contributed by atoms with E-state index in [1.807, 2.05) is 0 Å². The number of hydrogen-bond donors (Lipinski definition) is 0. The van der Waals surface area contributed by atoms with Gasteiger partial charge in [0.05, 0.1) is 0 Å². The molecule has 0 amide bonds. The third-order valence-electron chi connectivity index (χ3n) is 12.8. The Bertz CT molecular complexity index is 978. The molecule has 0 N–H and O–H groups in total. The summed E-state index contributed by atoms with van der Waals surface area (Å²) < 4.78 is 16.9. The molecule has 0 aliphatic heterocycles. The van der Waals surface area contributed by atoms with Gasteiger partial charge >= 0.3 is 17.9 Å². The first kappa shape index (κ1) is 61.1. The lowest BCUT2D eigenvalue weighted by Crippen LogP contribution is -2.30. The summed E-state index contributed by atoms with van der Waals surface area (Å²) >= 11 is 0. The van der Waals surface area contributed by atoms with E-state index in [0.717, 1.165) is 57.8 Å². The van der Waals surface area contributed by atoms with Crippen LogP contribution < -0.4 is 0 Å². The molecule has 1 unspecified atom stereocenters. The Hall–Kier alpha value is -1.85. The van der Waals surface area contributed by atoms with Crippen LogP contribution in [0.25, 0.3) is 0 Å². The third-order valence-corrected chi connectivity index (χ3v) is 12.8.